The molecule has 0 bridgehead atoms. The van der Waals surface area contributed by atoms with Crippen molar-refractivity contribution in [3.8, 4) is 5.75 Å². The molecule has 0 aliphatic heterocycles. The van der Waals surface area contributed by atoms with E-state index in [2.05, 4.69) is 21.2 Å². The fourth-order valence-electron chi connectivity index (χ4n) is 3.99. The van der Waals surface area contributed by atoms with E-state index in [1.807, 2.05) is 13.8 Å². The molecule has 0 aromatic heterocycles. The quantitative estimate of drug-likeness (QED) is 0.277. The predicted molar refractivity (Wildman–Crippen MR) is 161 cm³/mol. The van der Waals surface area contributed by atoms with Gasteiger partial charge >= 0.3 is 0 Å². The summed E-state index contributed by atoms with van der Waals surface area (Å²) in [4.78, 5) is 28.2. The lowest BCUT2D eigenvalue weighted by Gasteiger charge is -2.32. The molecule has 1 N–H and O–H groups in total. The Kier molecular flexibility index (Phi) is 11.0. The standard InChI is InChI=1S/C29H33BrClN3O5S/c1-5-15-32-29(36)21(3)33(18-22-7-6-8-23(31)16-22)28(35)19-34(24-11-9-20(2)10-12-24)40(37,38)25-13-14-27(39-4)26(30)17-25/h6-14,16-17,21H,5,15,18-19H2,1-4H3,(H,32,36)/t21-/m1/s1. The van der Waals surface area contributed by atoms with E-state index in [0.29, 0.717) is 33.0 Å². The molecular weight excluding hydrogens is 618 g/mol. The van der Waals surface area contributed by atoms with Gasteiger partial charge in [0.05, 0.1) is 22.2 Å². The second-order valence-corrected chi connectivity index (χ2v) is 12.4. The summed E-state index contributed by atoms with van der Waals surface area (Å²) in [5.74, 6) is -0.409. The van der Waals surface area contributed by atoms with E-state index >= 15 is 0 Å². The van der Waals surface area contributed by atoms with Crippen molar-refractivity contribution in [2.75, 3.05) is 24.5 Å². The summed E-state index contributed by atoms with van der Waals surface area (Å²) < 4.78 is 34.7. The first kappa shape index (κ1) is 31.4. The topological polar surface area (TPSA) is 96.0 Å². The zero-order valence-corrected chi connectivity index (χ0v) is 26.0. The Morgan fingerprint density at radius 2 is 1.77 bits per heavy atom. The molecule has 8 nitrogen and oxygen atoms in total. The van der Waals surface area contributed by atoms with Crippen LogP contribution in [0.3, 0.4) is 0 Å². The number of hydrogen-bond acceptors (Lipinski definition) is 5. The van der Waals surface area contributed by atoms with Crippen LogP contribution in [0.4, 0.5) is 5.69 Å². The molecule has 0 radical (unpaired) electrons. The number of nitrogens with one attached hydrogen (secondary N) is 1. The highest BCUT2D eigenvalue weighted by Gasteiger charge is 2.32. The summed E-state index contributed by atoms with van der Waals surface area (Å²) in [7, 11) is -2.72. The van der Waals surface area contributed by atoms with Crippen LogP contribution in [0.2, 0.25) is 5.02 Å². The minimum Gasteiger partial charge on any atom is -0.496 e. The summed E-state index contributed by atoms with van der Waals surface area (Å²) >= 11 is 9.52. The van der Waals surface area contributed by atoms with Crippen molar-refractivity contribution < 1.29 is 22.7 Å². The van der Waals surface area contributed by atoms with Gasteiger partial charge in [0.15, 0.2) is 0 Å². The molecule has 0 unspecified atom stereocenters. The number of methoxy groups -OCH3 is 1. The third-order valence-corrected chi connectivity index (χ3v) is 8.90. The molecule has 1 atom stereocenters. The fourth-order valence-corrected chi connectivity index (χ4v) is 6.33. The van der Waals surface area contributed by atoms with Crippen LogP contribution in [0.5, 0.6) is 5.75 Å². The van der Waals surface area contributed by atoms with Crippen LogP contribution in [0.1, 0.15) is 31.4 Å². The van der Waals surface area contributed by atoms with Gasteiger partial charge in [-0.1, -0.05) is 48.4 Å². The summed E-state index contributed by atoms with van der Waals surface area (Å²) in [6, 6.07) is 17.4. The lowest BCUT2D eigenvalue weighted by molar-refractivity contribution is -0.139. The van der Waals surface area contributed by atoms with E-state index < -0.39 is 28.5 Å². The average molecular weight is 651 g/mol. The van der Waals surface area contributed by atoms with Crippen LogP contribution < -0.4 is 14.4 Å². The summed E-state index contributed by atoms with van der Waals surface area (Å²) in [6.07, 6.45) is 0.734. The normalized spacial score (nSPS) is 11.9. The Morgan fingerprint density at radius 3 is 2.38 bits per heavy atom. The average Bonchev–Trinajstić information content (AvgIpc) is 2.93. The van der Waals surface area contributed by atoms with Crippen molar-refractivity contribution in [1.82, 2.24) is 10.2 Å². The number of aryl methyl sites for hydroxylation is 1. The van der Waals surface area contributed by atoms with Crippen molar-refractivity contribution in [2.45, 2.75) is 44.7 Å². The molecule has 0 fully saturated rings. The molecule has 0 aliphatic rings. The van der Waals surface area contributed by atoms with Crippen molar-refractivity contribution in [1.29, 1.82) is 0 Å². The van der Waals surface area contributed by atoms with Gasteiger partial charge < -0.3 is 15.0 Å². The van der Waals surface area contributed by atoms with E-state index in [0.717, 1.165) is 16.3 Å². The number of halogens is 2. The first-order valence-corrected chi connectivity index (χ1v) is 15.3. The minimum atomic E-state index is -4.20. The summed E-state index contributed by atoms with van der Waals surface area (Å²) in [5, 5.41) is 3.31. The minimum absolute atomic E-state index is 0.0244. The molecule has 0 spiro atoms. The monoisotopic (exact) mass is 649 g/mol. The lowest BCUT2D eigenvalue weighted by atomic mass is 10.1. The number of carbonyl (C=O) groups is 2. The van der Waals surface area contributed by atoms with Gasteiger partial charge in [-0.05, 0) is 84.2 Å². The molecule has 0 saturated carbocycles. The van der Waals surface area contributed by atoms with Crippen LogP contribution in [-0.2, 0) is 26.2 Å². The zero-order valence-electron chi connectivity index (χ0n) is 22.9. The van der Waals surface area contributed by atoms with E-state index in [9.17, 15) is 18.0 Å². The number of rotatable bonds is 12. The fraction of sp³-hybridized carbons (Fsp3) is 0.310. The second-order valence-electron chi connectivity index (χ2n) is 9.26. The molecule has 0 heterocycles. The number of carbonyl (C=O) groups excluding carboxylic acids is 2. The zero-order chi connectivity index (χ0) is 29.4. The predicted octanol–water partition coefficient (Wildman–Crippen LogP) is 5.56. The van der Waals surface area contributed by atoms with Crippen molar-refractivity contribution >= 4 is 55.1 Å². The number of anilines is 1. The molecule has 11 heteroatoms. The van der Waals surface area contributed by atoms with Crippen LogP contribution >= 0.6 is 27.5 Å². The van der Waals surface area contributed by atoms with E-state index in [4.69, 9.17) is 16.3 Å². The maximum atomic E-state index is 14.0. The number of nitrogens with zero attached hydrogens (tertiary/aromatic N) is 2. The van der Waals surface area contributed by atoms with Gasteiger partial charge in [-0.2, -0.15) is 0 Å². The van der Waals surface area contributed by atoms with Crippen LogP contribution in [-0.4, -0.2) is 51.4 Å². The number of sulfonamides is 1. The van der Waals surface area contributed by atoms with Gasteiger partial charge in [0.2, 0.25) is 11.8 Å². The van der Waals surface area contributed by atoms with Crippen molar-refractivity contribution in [3.05, 3.63) is 87.4 Å². The Labute approximate surface area is 249 Å². The number of hydrogen-bond donors (Lipinski definition) is 1. The molecule has 214 valence electrons. The second kappa shape index (κ2) is 14.0. The smallest absolute Gasteiger partial charge is 0.264 e. The maximum Gasteiger partial charge on any atom is 0.264 e. The Balaban J connectivity index is 2.04. The van der Waals surface area contributed by atoms with E-state index in [1.54, 1.807) is 55.5 Å². The van der Waals surface area contributed by atoms with E-state index in [1.165, 1.54) is 30.2 Å². The van der Waals surface area contributed by atoms with Crippen LogP contribution in [0.25, 0.3) is 0 Å². The third kappa shape index (κ3) is 7.77. The van der Waals surface area contributed by atoms with Gasteiger partial charge in [0, 0.05) is 18.1 Å². The highest BCUT2D eigenvalue weighted by Crippen LogP contribution is 2.31. The van der Waals surface area contributed by atoms with Crippen molar-refractivity contribution in [3.63, 3.8) is 0 Å². The molecule has 2 amide bonds. The molecule has 0 aliphatic carbocycles. The number of ether oxygens (including phenoxy) is 1. The SMILES string of the molecule is CCCNC(=O)[C@@H](C)N(Cc1cccc(Cl)c1)C(=O)CN(c1ccc(C)cc1)S(=O)(=O)c1ccc(OC)c(Br)c1. The molecule has 40 heavy (non-hydrogen) atoms. The Hall–Kier alpha value is -3.08. The molecule has 3 aromatic rings. The maximum absolute atomic E-state index is 14.0. The first-order chi connectivity index (χ1) is 19.0. The lowest BCUT2D eigenvalue weighted by Crippen LogP contribution is -2.51. The van der Waals surface area contributed by atoms with Gasteiger partial charge in [-0.15, -0.1) is 0 Å². The van der Waals surface area contributed by atoms with Gasteiger partial charge in [0.1, 0.15) is 18.3 Å². The first-order valence-electron chi connectivity index (χ1n) is 12.7. The number of amides is 2. The molecular formula is C29H33BrClN3O5S. The summed E-state index contributed by atoms with van der Waals surface area (Å²) in [5.41, 5.74) is 1.96. The number of benzene rings is 3. The van der Waals surface area contributed by atoms with Crippen molar-refractivity contribution in [2.24, 2.45) is 0 Å². The van der Waals surface area contributed by atoms with Crippen LogP contribution in [0, 0.1) is 6.92 Å². The van der Waals surface area contributed by atoms with Gasteiger partial charge in [-0.3, -0.25) is 13.9 Å². The van der Waals surface area contributed by atoms with Crippen LogP contribution in [0.15, 0.2) is 76.1 Å². The largest absolute Gasteiger partial charge is 0.496 e. The van der Waals surface area contributed by atoms with Gasteiger partial charge in [-0.25, -0.2) is 8.42 Å². The highest BCUT2D eigenvalue weighted by atomic mass is 79.9. The molecule has 0 saturated heterocycles. The summed E-state index contributed by atoms with van der Waals surface area (Å²) in [6.45, 7) is 5.44. The van der Waals surface area contributed by atoms with E-state index in [-0.39, 0.29) is 17.3 Å². The third-order valence-electron chi connectivity index (χ3n) is 6.27. The molecule has 3 rings (SSSR count). The van der Waals surface area contributed by atoms with Gasteiger partial charge in [0.25, 0.3) is 10.0 Å². The Bertz CT molecular complexity index is 1450. The highest BCUT2D eigenvalue weighted by molar-refractivity contribution is 9.10. The Morgan fingerprint density at radius 1 is 1.07 bits per heavy atom. The molecule has 3 aromatic carbocycles.